The molecule has 164 valence electrons. The standard InChI is InChI=1S/C20H26FN9O/c1-6-15(31)25-14-10-29(9-13(14)21)19-26-17(24-12-7-23-28(5)8-12)16-18(27-19)30(11-22-16)20(2,3)4/h6-8,11,13-14H,1,9-10H2,2-5H3,(H,25,31)(H,24,26,27)/t13-,14+/m0/s1. The zero-order chi connectivity index (χ0) is 22.3. The lowest BCUT2D eigenvalue weighted by atomic mass is 10.1. The number of hydrogen-bond donors (Lipinski definition) is 2. The normalized spacial score (nSPS) is 19.1. The number of alkyl halides is 1. The van der Waals surface area contributed by atoms with Crippen LogP contribution < -0.4 is 15.5 Å². The summed E-state index contributed by atoms with van der Waals surface area (Å²) in [6.45, 7) is 9.91. The van der Waals surface area contributed by atoms with Crippen molar-refractivity contribution in [2.24, 2.45) is 7.05 Å². The molecule has 2 atom stereocenters. The fourth-order valence-electron chi connectivity index (χ4n) is 3.54. The molecule has 4 rings (SSSR count). The second-order valence-electron chi connectivity index (χ2n) is 8.60. The molecule has 0 bridgehead atoms. The molecule has 3 aromatic heterocycles. The van der Waals surface area contributed by atoms with Gasteiger partial charge in [0.2, 0.25) is 11.9 Å². The number of carbonyl (C=O) groups excluding carboxylic acids is 1. The topological polar surface area (TPSA) is 106 Å². The van der Waals surface area contributed by atoms with Crippen molar-refractivity contribution < 1.29 is 9.18 Å². The molecule has 2 N–H and O–H groups in total. The molecule has 1 amide bonds. The minimum Gasteiger partial charge on any atom is -0.345 e. The Labute approximate surface area is 179 Å². The highest BCUT2D eigenvalue weighted by Gasteiger charge is 2.35. The van der Waals surface area contributed by atoms with Gasteiger partial charge in [-0.3, -0.25) is 9.48 Å². The van der Waals surface area contributed by atoms with Crippen LogP contribution in [0.4, 0.5) is 21.8 Å². The van der Waals surface area contributed by atoms with Crippen LogP contribution in [0, 0.1) is 0 Å². The Bertz CT molecular complexity index is 1130. The van der Waals surface area contributed by atoms with Crippen molar-refractivity contribution >= 4 is 34.5 Å². The van der Waals surface area contributed by atoms with Crippen molar-refractivity contribution in [3.05, 3.63) is 31.4 Å². The van der Waals surface area contributed by atoms with Crippen LogP contribution in [0.5, 0.6) is 0 Å². The van der Waals surface area contributed by atoms with Gasteiger partial charge >= 0.3 is 0 Å². The van der Waals surface area contributed by atoms with E-state index in [9.17, 15) is 9.18 Å². The van der Waals surface area contributed by atoms with Gasteiger partial charge in [-0.05, 0) is 26.8 Å². The molecule has 4 heterocycles. The fourth-order valence-corrected chi connectivity index (χ4v) is 3.54. The van der Waals surface area contributed by atoms with Crippen molar-refractivity contribution in [1.82, 2.24) is 34.6 Å². The van der Waals surface area contributed by atoms with Gasteiger partial charge in [0.15, 0.2) is 17.0 Å². The summed E-state index contributed by atoms with van der Waals surface area (Å²) in [5.74, 6) is 0.462. The summed E-state index contributed by atoms with van der Waals surface area (Å²) in [4.78, 5) is 27.2. The Hall–Kier alpha value is -3.50. The van der Waals surface area contributed by atoms with Crippen LogP contribution in [0.25, 0.3) is 11.2 Å². The molecule has 1 aliphatic rings. The molecule has 0 saturated carbocycles. The lowest BCUT2D eigenvalue weighted by Crippen LogP contribution is -2.40. The molecule has 31 heavy (non-hydrogen) atoms. The highest BCUT2D eigenvalue weighted by molar-refractivity contribution is 5.88. The zero-order valence-corrected chi connectivity index (χ0v) is 18.0. The van der Waals surface area contributed by atoms with Gasteiger partial charge in [-0.15, -0.1) is 0 Å². The number of hydrogen-bond acceptors (Lipinski definition) is 7. The first kappa shape index (κ1) is 20.8. The summed E-state index contributed by atoms with van der Waals surface area (Å²) in [7, 11) is 1.82. The highest BCUT2D eigenvalue weighted by Crippen LogP contribution is 2.30. The summed E-state index contributed by atoms with van der Waals surface area (Å²) >= 11 is 0. The van der Waals surface area contributed by atoms with Gasteiger partial charge in [0, 0.05) is 25.3 Å². The summed E-state index contributed by atoms with van der Waals surface area (Å²) in [5.41, 5.74) is 1.73. The quantitative estimate of drug-likeness (QED) is 0.599. The minimum atomic E-state index is -1.24. The van der Waals surface area contributed by atoms with E-state index in [4.69, 9.17) is 4.98 Å². The van der Waals surface area contributed by atoms with Crippen molar-refractivity contribution in [3.63, 3.8) is 0 Å². The van der Waals surface area contributed by atoms with Crippen LogP contribution in [0.1, 0.15) is 20.8 Å². The van der Waals surface area contributed by atoms with E-state index in [2.05, 4.69) is 53.1 Å². The van der Waals surface area contributed by atoms with Gasteiger partial charge < -0.3 is 20.1 Å². The van der Waals surface area contributed by atoms with E-state index >= 15 is 0 Å². The van der Waals surface area contributed by atoms with Crippen LogP contribution in [0.15, 0.2) is 31.4 Å². The second kappa shape index (κ2) is 7.64. The van der Waals surface area contributed by atoms with Gasteiger partial charge in [-0.25, -0.2) is 9.37 Å². The van der Waals surface area contributed by atoms with E-state index in [1.807, 2.05) is 17.8 Å². The first-order valence-electron chi connectivity index (χ1n) is 9.99. The van der Waals surface area contributed by atoms with Gasteiger partial charge in [-0.2, -0.15) is 15.1 Å². The van der Waals surface area contributed by atoms with E-state index in [0.717, 1.165) is 11.8 Å². The zero-order valence-electron chi connectivity index (χ0n) is 18.0. The maximum atomic E-state index is 14.6. The summed E-state index contributed by atoms with van der Waals surface area (Å²) in [6, 6.07) is -0.660. The number of anilines is 3. The van der Waals surface area contributed by atoms with Crippen molar-refractivity contribution in [1.29, 1.82) is 0 Å². The number of carbonyl (C=O) groups is 1. The van der Waals surface area contributed by atoms with Crippen molar-refractivity contribution in [2.75, 3.05) is 23.3 Å². The number of rotatable bonds is 5. The molecule has 0 spiro atoms. The molecule has 11 heteroatoms. The molecule has 0 radical (unpaired) electrons. The number of nitrogens with one attached hydrogen (secondary N) is 2. The number of amides is 1. The predicted molar refractivity (Wildman–Crippen MR) is 116 cm³/mol. The average Bonchev–Trinajstić information content (AvgIpc) is 3.40. The van der Waals surface area contributed by atoms with Gasteiger partial charge in [0.05, 0.1) is 30.8 Å². The molecule has 0 aliphatic carbocycles. The molecule has 1 saturated heterocycles. The summed E-state index contributed by atoms with van der Waals surface area (Å²) < 4.78 is 18.2. The molecular weight excluding hydrogens is 401 g/mol. The van der Waals surface area contributed by atoms with Crippen LogP contribution in [0.3, 0.4) is 0 Å². The third-order valence-electron chi connectivity index (χ3n) is 5.12. The first-order valence-corrected chi connectivity index (χ1v) is 9.99. The number of aromatic nitrogens is 6. The lowest BCUT2D eigenvalue weighted by Gasteiger charge is -2.22. The van der Waals surface area contributed by atoms with Gasteiger partial charge in [0.25, 0.3) is 0 Å². The van der Waals surface area contributed by atoms with E-state index < -0.39 is 18.1 Å². The maximum absolute atomic E-state index is 14.6. The second-order valence-corrected chi connectivity index (χ2v) is 8.60. The number of nitrogens with zero attached hydrogens (tertiary/aromatic N) is 7. The number of fused-ring (bicyclic) bond motifs is 1. The van der Waals surface area contributed by atoms with Crippen molar-refractivity contribution in [3.8, 4) is 0 Å². The smallest absolute Gasteiger partial charge is 0.243 e. The Morgan fingerprint density at radius 3 is 2.74 bits per heavy atom. The van der Waals surface area contributed by atoms with Crippen LogP contribution in [-0.2, 0) is 17.4 Å². The van der Waals surface area contributed by atoms with Gasteiger partial charge in [0.1, 0.15) is 6.17 Å². The van der Waals surface area contributed by atoms with E-state index in [1.54, 1.807) is 22.1 Å². The number of halogens is 1. The third kappa shape index (κ3) is 4.07. The molecule has 0 unspecified atom stereocenters. The van der Waals surface area contributed by atoms with Crippen LogP contribution in [-0.4, -0.2) is 60.5 Å². The van der Waals surface area contributed by atoms with E-state index in [-0.39, 0.29) is 18.6 Å². The Morgan fingerprint density at radius 1 is 1.32 bits per heavy atom. The average molecular weight is 427 g/mol. The molecule has 1 fully saturated rings. The Morgan fingerprint density at radius 2 is 2.10 bits per heavy atom. The molecule has 1 aliphatic heterocycles. The monoisotopic (exact) mass is 427 g/mol. The summed E-state index contributed by atoms with van der Waals surface area (Å²) in [5, 5.41) is 10.0. The molecular formula is C20H26FN9O. The summed E-state index contributed by atoms with van der Waals surface area (Å²) in [6.07, 6.45) is 5.12. The van der Waals surface area contributed by atoms with Crippen LogP contribution >= 0.6 is 0 Å². The molecule has 10 nitrogen and oxygen atoms in total. The molecule has 0 aromatic carbocycles. The first-order chi connectivity index (χ1) is 14.7. The van der Waals surface area contributed by atoms with Crippen molar-refractivity contribution in [2.45, 2.75) is 38.5 Å². The minimum absolute atomic E-state index is 0.0730. The lowest BCUT2D eigenvalue weighted by molar-refractivity contribution is -0.117. The third-order valence-corrected chi connectivity index (χ3v) is 5.12. The van der Waals surface area contributed by atoms with E-state index in [0.29, 0.717) is 22.9 Å². The van der Waals surface area contributed by atoms with Crippen LogP contribution in [0.2, 0.25) is 0 Å². The molecule has 3 aromatic rings. The number of aryl methyl sites for hydroxylation is 1. The predicted octanol–water partition coefficient (Wildman–Crippen LogP) is 1.89. The van der Waals surface area contributed by atoms with Gasteiger partial charge in [-0.1, -0.05) is 6.58 Å². The largest absolute Gasteiger partial charge is 0.345 e. The SMILES string of the molecule is C=CC(=O)N[C@@H]1CN(c2nc(Nc3cnn(C)c3)c3ncn(C(C)(C)C)c3n2)C[C@@H]1F. The Kier molecular flexibility index (Phi) is 5.11. The fraction of sp³-hybridized carbons (Fsp3) is 0.450. The maximum Gasteiger partial charge on any atom is 0.243 e. The Balaban J connectivity index is 1.74. The number of imidazole rings is 1. The van der Waals surface area contributed by atoms with E-state index in [1.165, 1.54) is 0 Å². The highest BCUT2D eigenvalue weighted by atomic mass is 19.1.